The van der Waals surface area contributed by atoms with Crippen LogP contribution in [-0.4, -0.2) is 36.6 Å². The lowest BCUT2D eigenvalue weighted by atomic mass is 10.1. The van der Waals surface area contributed by atoms with Gasteiger partial charge in [-0.1, -0.05) is 77.3 Å². The van der Waals surface area contributed by atoms with Gasteiger partial charge in [-0.15, -0.1) is 0 Å². The third kappa shape index (κ3) is 7.07. The molecule has 1 amide bonds. The Balaban J connectivity index is 1.47. The summed E-state index contributed by atoms with van der Waals surface area (Å²) in [6, 6.07) is 24.1. The topological polar surface area (TPSA) is 97.1 Å². The molecule has 0 saturated heterocycles. The number of halogens is 2. The maximum absolute atomic E-state index is 13.8. The van der Waals surface area contributed by atoms with Gasteiger partial charge in [0, 0.05) is 22.3 Å². The molecule has 5 rings (SSSR count). The summed E-state index contributed by atoms with van der Waals surface area (Å²) < 4.78 is 39.9. The van der Waals surface area contributed by atoms with E-state index in [1.54, 1.807) is 61.5 Å². The van der Waals surface area contributed by atoms with Crippen molar-refractivity contribution in [2.75, 3.05) is 7.11 Å². The largest absolute Gasteiger partial charge is 0.465 e. The number of carbonyl (C=O) groups is 2. The quantitative estimate of drug-likeness (QED) is 0.132. The summed E-state index contributed by atoms with van der Waals surface area (Å²) in [6.45, 7) is 3.65. The maximum atomic E-state index is 13.8. The lowest BCUT2D eigenvalue weighted by molar-refractivity contribution is -0.136. The number of allylic oxidation sites excluding steroid dienone is 1. The Morgan fingerprint density at radius 1 is 0.956 bits per heavy atom. The molecule has 1 aromatic heterocycles. The molecule has 232 valence electrons. The summed E-state index contributed by atoms with van der Waals surface area (Å²) in [6.07, 6.45) is 1.47. The minimum absolute atomic E-state index is 0.0509. The van der Waals surface area contributed by atoms with Crippen molar-refractivity contribution in [3.8, 4) is 0 Å². The number of furan rings is 1. The minimum Gasteiger partial charge on any atom is -0.465 e. The number of benzene rings is 3. The number of sulfonamides is 1. The lowest BCUT2D eigenvalue weighted by Gasteiger charge is -2.22. The first-order valence-electron chi connectivity index (χ1n) is 13.9. The highest BCUT2D eigenvalue weighted by Crippen LogP contribution is 2.34. The highest BCUT2D eigenvalue weighted by atomic mass is 35.5. The molecule has 0 radical (unpaired) electrons. The zero-order valence-electron chi connectivity index (χ0n) is 24.8. The molecule has 2 heterocycles. The molecule has 1 aliphatic rings. The Morgan fingerprint density at radius 3 is 2.33 bits per heavy atom. The normalized spacial score (nSPS) is 14.6. The predicted octanol–water partition coefficient (Wildman–Crippen LogP) is 7.16. The Labute approximate surface area is 272 Å². The van der Waals surface area contributed by atoms with Crippen LogP contribution in [0.25, 0.3) is 6.08 Å². The van der Waals surface area contributed by atoms with E-state index in [0.717, 1.165) is 11.1 Å². The van der Waals surface area contributed by atoms with Crippen molar-refractivity contribution in [3.63, 3.8) is 0 Å². The van der Waals surface area contributed by atoms with E-state index in [2.05, 4.69) is 0 Å². The fourth-order valence-electron chi connectivity index (χ4n) is 4.98. The number of carbonyl (C=O) groups excluding carboxylic acids is 2. The summed E-state index contributed by atoms with van der Waals surface area (Å²) in [5, 5.41) is 0.758. The number of nitrogens with zero attached hydrogens (tertiary/aromatic N) is 2. The molecule has 1 aliphatic heterocycles. The standard InChI is InChI=1S/C34H30Cl2N2O6S/c1-22-9-15-29(16-10-22)45(41,42)37(20-25-11-12-26(35)17-31(25)36)21-28-14-13-27(44-28)18-30-32(34(40)43-3)23(2)38(33(30)39)19-24-7-5-4-6-8-24/h4-18H,19-21H2,1-3H3/b30-18+. The fraction of sp³-hybridized carbons (Fsp3) is 0.176. The SMILES string of the molecule is COC(=O)C1=C(C)N(Cc2ccccc2)C(=O)/C1=C/c1ccc(CN(Cc2ccc(Cl)cc2Cl)S(=O)(=O)c2ccc(C)cc2)o1. The molecular formula is C34H30Cl2N2O6S. The summed E-state index contributed by atoms with van der Waals surface area (Å²) in [4.78, 5) is 28.0. The second-order valence-corrected chi connectivity index (χ2v) is 13.3. The molecule has 8 nitrogen and oxygen atoms in total. The summed E-state index contributed by atoms with van der Waals surface area (Å²) in [5.74, 6) is -0.448. The second-order valence-electron chi connectivity index (χ2n) is 10.5. The average Bonchev–Trinajstić information content (AvgIpc) is 3.55. The van der Waals surface area contributed by atoms with Crippen LogP contribution in [0.2, 0.25) is 10.0 Å². The first-order chi connectivity index (χ1) is 21.5. The van der Waals surface area contributed by atoms with Crippen LogP contribution in [0.4, 0.5) is 0 Å². The summed E-state index contributed by atoms with van der Waals surface area (Å²) in [7, 11) is -2.74. The van der Waals surface area contributed by atoms with E-state index in [0.29, 0.717) is 27.1 Å². The van der Waals surface area contributed by atoms with E-state index < -0.39 is 16.0 Å². The zero-order valence-corrected chi connectivity index (χ0v) is 27.1. The van der Waals surface area contributed by atoms with Gasteiger partial charge in [-0.05, 0) is 67.4 Å². The molecule has 45 heavy (non-hydrogen) atoms. The van der Waals surface area contributed by atoms with Crippen LogP contribution in [-0.2, 0) is 44.0 Å². The number of rotatable bonds is 10. The molecule has 0 atom stereocenters. The number of esters is 1. The van der Waals surface area contributed by atoms with Gasteiger partial charge in [0.1, 0.15) is 11.5 Å². The maximum Gasteiger partial charge on any atom is 0.340 e. The van der Waals surface area contributed by atoms with E-state index in [1.807, 2.05) is 37.3 Å². The van der Waals surface area contributed by atoms with Crippen molar-refractivity contribution in [2.45, 2.75) is 38.4 Å². The summed E-state index contributed by atoms with van der Waals surface area (Å²) in [5.41, 5.74) is 3.09. The third-order valence-electron chi connectivity index (χ3n) is 7.41. The van der Waals surface area contributed by atoms with Crippen LogP contribution in [0, 0.1) is 6.92 Å². The first-order valence-corrected chi connectivity index (χ1v) is 16.1. The highest BCUT2D eigenvalue weighted by Gasteiger charge is 2.37. The van der Waals surface area contributed by atoms with E-state index in [1.165, 1.54) is 22.4 Å². The molecule has 0 fully saturated rings. The Hall–Kier alpha value is -4.15. The molecule has 0 unspecified atom stereocenters. The molecular weight excluding hydrogens is 635 g/mol. The molecule has 3 aromatic carbocycles. The molecule has 4 aromatic rings. The number of amides is 1. The van der Waals surface area contributed by atoms with Crippen LogP contribution in [0.1, 0.15) is 35.1 Å². The summed E-state index contributed by atoms with van der Waals surface area (Å²) >= 11 is 12.5. The van der Waals surface area contributed by atoms with Crippen LogP contribution in [0.3, 0.4) is 0 Å². The fourth-order valence-corrected chi connectivity index (χ4v) is 6.84. The van der Waals surface area contributed by atoms with Crippen molar-refractivity contribution in [2.24, 2.45) is 0 Å². The number of methoxy groups -OCH3 is 1. The van der Waals surface area contributed by atoms with Crippen molar-refractivity contribution >= 4 is 51.2 Å². The van der Waals surface area contributed by atoms with Crippen molar-refractivity contribution in [3.05, 3.63) is 140 Å². The number of hydrogen-bond donors (Lipinski definition) is 0. The highest BCUT2D eigenvalue weighted by molar-refractivity contribution is 7.89. The molecule has 0 bridgehead atoms. The van der Waals surface area contributed by atoms with Gasteiger partial charge >= 0.3 is 5.97 Å². The van der Waals surface area contributed by atoms with Gasteiger partial charge in [-0.3, -0.25) is 4.79 Å². The minimum atomic E-state index is -3.99. The van der Waals surface area contributed by atoms with Gasteiger partial charge < -0.3 is 14.1 Å². The van der Waals surface area contributed by atoms with Crippen molar-refractivity contribution in [1.82, 2.24) is 9.21 Å². The van der Waals surface area contributed by atoms with Gasteiger partial charge in [-0.25, -0.2) is 13.2 Å². The second kappa shape index (κ2) is 13.5. The predicted molar refractivity (Wildman–Crippen MR) is 172 cm³/mol. The van der Waals surface area contributed by atoms with Gasteiger partial charge in [0.15, 0.2) is 0 Å². The average molecular weight is 666 g/mol. The smallest absolute Gasteiger partial charge is 0.340 e. The van der Waals surface area contributed by atoms with E-state index >= 15 is 0 Å². The number of hydrogen-bond acceptors (Lipinski definition) is 6. The van der Waals surface area contributed by atoms with Crippen LogP contribution in [0.5, 0.6) is 0 Å². The molecule has 0 aliphatic carbocycles. The van der Waals surface area contributed by atoms with E-state index in [4.69, 9.17) is 32.4 Å². The third-order valence-corrected chi connectivity index (χ3v) is 9.80. The van der Waals surface area contributed by atoms with Gasteiger partial charge in [0.05, 0.1) is 36.2 Å². The first kappa shape index (κ1) is 32.2. The molecule has 0 saturated carbocycles. The molecule has 11 heteroatoms. The van der Waals surface area contributed by atoms with Crippen LogP contribution in [0.15, 0.2) is 111 Å². The Kier molecular flexibility index (Phi) is 9.65. The zero-order chi connectivity index (χ0) is 32.3. The van der Waals surface area contributed by atoms with E-state index in [-0.39, 0.29) is 47.3 Å². The number of aryl methyl sites for hydroxylation is 1. The van der Waals surface area contributed by atoms with Crippen LogP contribution < -0.4 is 0 Å². The van der Waals surface area contributed by atoms with Gasteiger partial charge in [-0.2, -0.15) is 4.31 Å². The Bertz CT molecular complexity index is 1920. The van der Waals surface area contributed by atoms with Crippen molar-refractivity contribution < 1.29 is 27.2 Å². The Morgan fingerprint density at radius 2 is 1.67 bits per heavy atom. The number of ether oxygens (including phenoxy) is 1. The van der Waals surface area contributed by atoms with Crippen molar-refractivity contribution in [1.29, 1.82) is 0 Å². The monoisotopic (exact) mass is 664 g/mol. The van der Waals surface area contributed by atoms with Gasteiger partial charge in [0.2, 0.25) is 10.0 Å². The molecule has 0 N–H and O–H groups in total. The lowest BCUT2D eigenvalue weighted by Crippen LogP contribution is -2.30. The van der Waals surface area contributed by atoms with Gasteiger partial charge in [0.25, 0.3) is 5.91 Å². The molecule has 0 spiro atoms. The van der Waals surface area contributed by atoms with E-state index in [9.17, 15) is 18.0 Å². The van der Waals surface area contributed by atoms with Crippen LogP contribution >= 0.6 is 23.2 Å².